The molecule has 0 spiro atoms. The molecule has 0 radical (unpaired) electrons. The van der Waals surface area contributed by atoms with E-state index >= 15 is 0 Å². The molecule has 2 aromatic rings. The van der Waals surface area contributed by atoms with Crippen LogP contribution in [0.1, 0.15) is 22.3 Å². The minimum Gasteiger partial charge on any atom is -0.367 e. The van der Waals surface area contributed by atoms with Gasteiger partial charge in [0.15, 0.2) is 5.78 Å². The maximum absolute atomic E-state index is 12.9. The Hall–Kier alpha value is -2.35. The summed E-state index contributed by atoms with van der Waals surface area (Å²) in [5, 5.41) is 0. The molecule has 3 rings (SSSR count). The molecule has 0 saturated heterocycles. The fourth-order valence-corrected chi connectivity index (χ4v) is 3.18. The van der Waals surface area contributed by atoms with Gasteiger partial charge in [0.05, 0.1) is 0 Å². The molecule has 0 bridgehead atoms. The molecule has 112 valence electrons. The lowest BCUT2D eigenvalue weighted by molar-refractivity contribution is 0.0918. The van der Waals surface area contributed by atoms with E-state index in [0.29, 0.717) is 0 Å². The molecular formula is C20H21NO. The monoisotopic (exact) mass is 291 g/mol. The Balaban J connectivity index is 1.90. The molecule has 0 N–H and O–H groups in total. The number of ketones is 1. The minimum atomic E-state index is 0.0540. The van der Waals surface area contributed by atoms with Gasteiger partial charge in [0, 0.05) is 30.3 Å². The molecule has 2 heteroatoms. The number of fused-ring (bicyclic) bond motifs is 1. The van der Waals surface area contributed by atoms with E-state index in [1.165, 1.54) is 5.56 Å². The summed E-state index contributed by atoms with van der Waals surface area (Å²) >= 11 is 0. The van der Waals surface area contributed by atoms with Gasteiger partial charge in [0.2, 0.25) is 0 Å². The maximum atomic E-state index is 12.9. The third-order valence-corrected chi connectivity index (χ3v) is 4.30. The van der Waals surface area contributed by atoms with Gasteiger partial charge in [-0.25, -0.2) is 0 Å². The number of Topliss-reactive ketones (excluding diaryl/α,β-unsaturated/α-hetero) is 1. The van der Waals surface area contributed by atoms with E-state index in [0.717, 1.165) is 37.2 Å². The predicted molar refractivity (Wildman–Crippen MR) is 91.4 cm³/mol. The number of hydrogen-bond donors (Lipinski definition) is 0. The van der Waals surface area contributed by atoms with Gasteiger partial charge in [0.25, 0.3) is 0 Å². The number of para-hydroxylation sites is 1. The van der Waals surface area contributed by atoms with Crippen molar-refractivity contribution in [2.45, 2.75) is 12.8 Å². The smallest absolute Gasteiger partial charge is 0.168 e. The van der Waals surface area contributed by atoms with Gasteiger partial charge in [-0.15, -0.1) is 6.58 Å². The molecule has 1 unspecified atom stereocenters. The lowest BCUT2D eigenvalue weighted by atomic mass is 9.89. The molecule has 1 atom stereocenters. The number of carbonyl (C=O) groups is 1. The van der Waals surface area contributed by atoms with Gasteiger partial charge in [0.1, 0.15) is 0 Å². The van der Waals surface area contributed by atoms with Crippen LogP contribution in [-0.2, 0) is 6.42 Å². The van der Waals surface area contributed by atoms with Gasteiger partial charge in [-0.3, -0.25) is 4.79 Å². The standard InChI is InChI=1S/C20H21NO/c1-2-13-21-14-12-17(15-16-8-4-3-5-9-16)20(22)18-10-6-7-11-19(18)21/h2-11,17H,1,12-15H2. The highest BCUT2D eigenvalue weighted by atomic mass is 16.1. The maximum Gasteiger partial charge on any atom is 0.168 e. The number of anilines is 1. The molecule has 22 heavy (non-hydrogen) atoms. The summed E-state index contributed by atoms with van der Waals surface area (Å²) in [5.41, 5.74) is 3.13. The Morgan fingerprint density at radius 3 is 2.59 bits per heavy atom. The molecule has 0 amide bonds. The van der Waals surface area contributed by atoms with Crippen LogP contribution in [0.5, 0.6) is 0 Å². The van der Waals surface area contributed by atoms with Crippen LogP contribution in [0, 0.1) is 5.92 Å². The van der Waals surface area contributed by atoms with Crippen LogP contribution in [0.2, 0.25) is 0 Å². The number of nitrogens with zero attached hydrogens (tertiary/aromatic N) is 1. The van der Waals surface area contributed by atoms with Crippen molar-refractivity contribution >= 4 is 11.5 Å². The molecule has 1 aliphatic rings. The molecule has 1 heterocycles. The van der Waals surface area contributed by atoms with Crippen molar-refractivity contribution < 1.29 is 4.79 Å². The Kier molecular flexibility index (Phi) is 4.38. The third-order valence-electron chi connectivity index (χ3n) is 4.30. The van der Waals surface area contributed by atoms with Crippen LogP contribution in [0.15, 0.2) is 67.3 Å². The second kappa shape index (κ2) is 6.61. The molecular weight excluding hydrogens is 270 g/mol. The highest BCUT2D eigenvalue weighted by Crippen LogP contribution is 2.30. The van der Waals surface area contributed by atoms with Crippen molar-refractivity contribution in [1.29, 1.82) is 0 Å². The summed E-state index contributed by atoms with van der Waals surface area (Å²) < 4.78 is 0. The first kappa shape index (κ1) is 14.6. The lowest BCUT2D eigenvalue weighted by Gasteiger charge is -2.22. The van der Waals surface area contributed by atoms with Gasteiger partial charge >= 0.3 is 0 Å². The van der Waals surface area contributed by atoms with E-state index in [-0.39, 0.29) is 11.7 Å². The van der Waals surface area contributed by atoms with Crippen molar-refractivity contribution in [2.75, 3.05) is 18.0 Å². The van der Waals surface area contributed by atoms with Crippen molar-refractivity contribution in [1.82, 2.24) is 0 Å². The third kappa shape index (κ3) is 2.96. The van der Waals surface area contributed by atoms with E-state index in [2.05, 4.69) is 23.6 Å². The Morgan fingerprint density at radius 1 is 1.09 bits per heavy atom. The van der Waals surface area contributed by atoms with Crippen molar-refractivity contribution in [3.63, 3.8) is 0 Å². The van der Waals surface area contributed by atoms with E-state index in [9.17, 15) is 4.79 Å². The number of hydrogen-bond acceptors (Lipinski definition) is 2. The highest BCUT2D eigenvalue weighted by molar-refractivity contribution is 6.03. The van der Waals surface area contributed by atoms with Crippen molar-refractivity contribution in [3.8, 4) is 0 Å². The normalized spacial score (nSPS) is 17.7. The van der Waals surface area contributed by atoms with Crippen LogP contribution in [0.4, 0.5) is 5.69 Å². The molecule has 0 saturated carbocycles. The average molecular weight is 291 g/mol. The SMILES string of the molecule is C=CCN1CCC(Cc2ccccc2)C(=O)c2ccccc21. The van der Waals surface area contributed by atoms with Crippen molar-refractivity contribution in [2.24, 2.45) is 5.92 Å². The zero-order chi connectivity index (χ0) is 15.4. The van der Waals surface area contributed by atoms with E-state index in [1.54, 1.807) is 0 Å². The van der Waals surface area contributed by atoms with Gasteiger partial charge < -0.3 is 4.90 Å². The molecule has 0 aromatic heterocycles. The van der Waals surface area contributed by atoms with Crippen LogP contribution in [0.3, 0.4) is 0 Å². The Morgan fingerprint density at radius 2 is 1.82 bits per heavy atom. The van der Waals surface area contributed by atoms with E-state index in [1.807, 2.05) is 48.5 Å². The predicted octanol–water partition coefficient (Wildman–Crippen LogP) is 4.12. The summed E-state index contributed by atoms with van der Waals surface area (Å²) in [4.78, 5) is 15.2. The second-order valence-corrected chi connectivity index (χ2v) is 5.79. The summed E-state index contributed by atoms with van der Waals surface area (Å²) in [6.07, 6.45) is 3.60. The molecule has 2 aromatic carbocycles. The fourth-order valence-electron chi connectivity index (χ4n) is 3.18. The van der Waals surface area contributed by atoms with Crippen LogP contribution in [-0.4, -0.2) is 18.9 Å². The lowest BCUT2D eigenvalue weighted by Crippen LogP contribution is -2.24. The highest BCUT2D eigenvalue weighted by Gasteiger charge is 2.28. The zero-order valence-electron chi connectivity index (χ0n) is 12.7. The molecule has 2 nitrogen and oxygen atoms in total. The number of rotatable bonds is 4. The van der Waals surface area contributed by atoms with Crippen molar-refractivity contribution in [3.05, 3.63) is 78.4 Å². The first-order valence-corrected chi connectivity index (χ1v) is 7.82. The van der Waals surface area contributed by atoms with Gasteiger partial charge in [-0.2, -0.15) is 0 Å². The quantitative estimate of drug-likeness (QED) is 0.790. The Labute approximate surface area is 132 Å². The summed E-state index contributed by atoms with van der Waals surface area (Å²) in [6, 6.07) is 18.2. The average Bonchev–Trinajstić information content (AvgIpc) is 2.69. The summed E-state index contributed by atoms with van der Waals surface area (Å²) in [6.45, 7) is 5.51. The summed E-state index contributed by atoms with van der Waals surface area (Å²) in [5.74, 6) is 0.324. The Bertz CT molecular complexity index is 662. The number of benzene rings is 2. The first-order valence-electron chi connectivity index (χ1n) is 7.82. The topological polar surface area (TPSA) is 20.3 Å². The van der Waals surface area contributed by atoms with Gasteiger partial charge in [-0.1, -0.05) is 48.5 Å². The number of carbonyl (C=O) groups excluding carboxylic acids is 1. The first-order chi connectivity index (χ1) is 10.8. The zero-order valence-corrected chi connectivity index (χ0v) is 12.7. The molecule has 0 fully saturated rings. The summed E-state index contributed by atoms with van der Waals surface area (Å²) in [7, 11) is 0. The van der Waals surface area contributed by atoms with E-state index in [4.69, 9.17) is 0 Å². The molecule has 0 aliphatic carbocycles. The molecule has 1 aliphatic heterocycles. The fraction of sp³-hybridized carbons (Fsp3) is 0.250. The van der Waals surface area contributed by atoms with Gasteiger partial charge in [-0.05, 0) is 30.5 Å². The van der Waals surface area contributed by atoms with Crippen LogP contribution < -0.4 is 4.90 Å². The minimum absolute atomic E-state index is 0.0540. The van der Waals surface area contributed by atoms with E-state index < -0.39 is 0 Å². The van der Waals surface area contributed by atoms with Crippen LogP contribution >= 0.6 is 0 Å². The largest absolute Gasteiger partial charge is 0.367 e. The second-order valence-electron chi connectivity index (χ2n) is 5.79. The van der Waals surface area contributed by atoms with Crippen LogP contribution in [0.25, 0.3) is 0 Å².